The molecule has 3 rings (SSSR count). The molecule has 0 aliphatic heterocycles. The van der Waals surface area contributed by atoms with Crippen molar-refractivity contribution in [3.05, 3.63) is 28.5 Å². The van der Waals surface area contributed by atoms with Gasteiger partial charge in [-0.2, -0.15) is 5.10 Å². The van der Waals surface area contributed by atoms with Gasteiger partial charge in [-0.1, -0.05) is 12.8 Å². The average molecular weight is 306 g/mol. The van der Waals surface area contributed by atoms with E-state index in [-0.39, 0.29) is 5.91 Å². The minimum Gasteiger partial charge on any atom is -0.362 e. The first kappa shape index (κ1) is 14.2. The number of carbonyl (C=O) groups excluding carboxylic acids is 1. The number of amides is 1. The van der Waals surface area contributed by atoms with Gasteiger partial charge in [0.2, 0.25) is 0 Å². The monoisotopic (exact) mass is 306 g/mol. The molecule has 1 N–H and O–H groups in total. The standard InChI is InChI=1S/C14H18N4O2S/c1-20-9-18-7-11(6-16-18)17-14(19)13-12(15-8-21-13)10-4-2-3-5-10/h6-8,10H,2-5,9H2,1H3,(H,17,19). The Kier molecular flexibility index (Phi) is 4.31. The Morgan fingerprint density at radius 2 is 2.33 bits per heavy atom. The molecular formula is C14H18N4O2S. The maximum Gasteiger partial charge on any atom is 0.267 e. The zero-order valence-electron chi connectivity index (χ0n) is 11.9. The maximum absolute atomic E-state index is 12.4. The molecule has 1 aliphatic rings. The fourth-order valence-corrected chi connectivity index (χ4v) is 3.50. The van der Waals surface area contributed by atoms with Gasteiger partial charge in [0.15, 0.2) is 0 Å². The van der Waals surface area contributed by atoms with Gasteiger partial charge < -0.3 is 10.1 Å². The largest absolute Gasteiger partial charge is 0.362 e. The Morgan fingerprint density at radius 3 is 3.10 bits per heavy atom. The van der Waals surface area contributed by atoms with Crippen LogP contribution in [0.1, 0.15) is 47.0 Å². The summed E-state index contributed by atoms with van der Waals surface area (Å²) in [7, 11) is 1.60. The van der Waals surface area contributed by atoms with Gasteiger partial charge in [0.25, 0.3) is 5.91 Å². The van der Waals surface area contributed by atoms with Gasteiger partial charge in [-0.3, -0.25) is 4.79 Å². The molecular weight excluding hydrogens is 288 g/mol. The average Bonchev–Trinajstić information content (AvgIpc) is 3.20. The molecule has 2 aromatic heterocycles. The molecule has 1 fully saturated rings. The first-order valence-corrected chi connectivity index (χ1v) is 7.92. The summed E-state index contributed by atoms with van der Waals surface area (Å²) < 4.78 is 6.61. The number of ether oxygens (including phenoxy) is 1. The third kappa shape index (κ3) is 3.14. The van der Waals surface area contributed by atoms with Gasteiger partial charge in [0.05, 0.1) is 29.3 Å². The predicted molar refractivity (Wildman–Crippen MR) is 80.5 cm³/mol. The molecule has 0 unspecified atom stereocenters. The van der Waals surface area contributed by atoms with E-state index in [0.717, 1.165) is 23.4 Å². The lowest BCUT2D eigenvalue weighted by Gasteiger charge is -2.08. The van der Waals surface area contributed by atoms with Gasteiger partial charge in [-0.05, 0) is 12.8 Å². The second-order valence-corrected chi connectivity index (χ2v) is 6.04. The van der Waals surface area contributed by atoms with Crippen molar-refractivity contribution in [2.24, 2.45) is 0 Å². The summed E-state index contributed by atoms with van der Waals surface area (Å²) >= 11 is 1.41. The summed E-state index contributed by atoms with van der Waals surface area (Å²) in [5, 5.41) is 6.98. The summed E-state index contributed by atoms with van der Waals surface area (Å²) in [5.41, 5.74) is 3.39. The minimum absolute atomic E-state index is 0.101. The van der Waals surface area contributed by atoms with Crippen LogP contribution in [0.25, 0.3) is 0 Å². The topological polar surface area (TPSA) is 69.0 Å². The zero-order valence-corrected chi connectivity index (χ0v) is 12.7. The maximum atomic E-state index is 12.4. The Hall–Kier alpha value is -1.73. The number of nitrogens with zero attached hydrogens (tertiary/aromatic N) is 3. The van der Waals surface area contributed by atoms with Crippen LogP contribution in [-0.4, -0.2) is 27.8 Å². The molecule has 0 bridgehead atoms. The van der Waals surface area contributed by atoms with E-state index in [1.54, 1.807) is 29.7 Å². The van der Waals surface area contributed by atoms with Crippen LogP contribution in [0.3, 0.4) is 0 Å². The van der Waals surface area contributed by atoms with Crippen molar-refractivity contribution in [1.29, 1.82) is 0 Å². The van der Waals surface area contributed by atoms with Crippen LogP contribution in [0, 0.1) is 0 Å². The molecule has 112 valence electrons. The molecule has 0 aromatic carbocycles. The summed E-state index contributed by atoms with van der Waals surface area (Å²) in [6.07, 6.45) is 8.09. The van der Waals surface area contributed by atoms with Crippen molar-refractivity contribution in [3.8, 4) is 0 Å². The molecule has 0 spiro atoms. The highest BCUT2D eigenvalue weighted by atomic mass is 32.1. The number of anilines is 1. The van der Waals surface area contributed by atoms with E-state index in [4.69, 9.17) is 4.74 Å². The minimum atomic E-state index is -0.101. The lowest BCUT2D eigenvalue weighted by Crippen LogP contribution is -2.13. The summed E-state index contributed by atoms with van der Waals surface area (Å²) in [5.74, 6) is 0.338. The van der Waals surface area contributed by atoms with E-state index in [2.05, 4.69) is 15.4 Å². The molecule has 1 saturated carbocycles. The Labute approximate surface area is 127 Å². The molecule has 21 heavy (non-hydrogen) atoms. The smallest absolute Gasteiger partial charge is 0.267 e. The van der Waals surface area contributed by atoms with Crippen LogP contribution in [0.15, 0.2) is 17.9 Å². The molecule has 0 radical (unpaired) electrons. The highest BCUT2D eigenvalue weighted by molar-refractivity contribution is 7.12. The van der Waals surface area contributed by atoms with Crippen molar-refractivity contribution in [1.82, 2.24) is 14.8 Å². The number of aromatic nitrogens is 3. The number of rotatable bonds is 5. The number of carbonyl (C=O) groups is 1. The normalized spacial score (nSPS) is 15.5. The highest BCUT2D eigenvalue weighted by Crippen LogP contribution is 2.36. The summed E-state index contributed by atoms with van der Waals surface area (Å²) in [4.78, 5) is 17.5. The van der Waals surface area contributed by atoms with Crippen molar-refractivity contribution >= 4 is 22.9 Å². The third-order valence-corrected chi connectivity index (χ3v) is 4.54. The first-order valence-electron chi connectivity index (χ1n) is 7.04. The lowest BCUT2D eigenvalue weighted by atomic mass is 10.0. The summed E-state index contributed by atoms with van der Waals surface area (Å²) in [6.45, 7) is 0.365. The van der Waals surface area contributed by atoms with Gasteiger partial charge in [-0.15, -0.1) is 11.3 Å². The van der Waals surface area contributed by atoms with Crippen LogP contribution in [0.5, 0.6) is 0 Å². The highest BCUT2D eigenvalue weighted by Gasteiger charge is 2.25. The fraction of sp³-hybridized carbons (Fsp3) is 0.500. The molecule has 1 aliphatic carbocycles. The molecule has 0 atom stereocenters. The van der Waals surface area contributed by atoms with Crippen molar-refractivity contribution in [2.45, 2.75) is 38.3 Å². The van der Waals surface area contributed by atoms with E-state index in [9.17, 15) is 4.79 Å². The number of hydrogen-bond acceptors (Lipinski definition) is 5. The van der Waals surface area contributed by atoms with E-state index in [1.165, 1.54) is 24.2 Å². The summed E-state index contributed by atoms with van der Waals surface area (Å²) in [6, 6.07) is 0. The molecule has 0 saturated heterocycles. The number of thiazole rings is 1. The Balaban J connectivity index is 1.71. The van der Waals surface area contributed by atoms with Gasteiger partial charge in [0, 0.05) is 13.0 Å². The molecule has 6 nitrogen and oxygen atoms in total. The lowest BCUT2D eigenvalue weighted by molar-refractivity contribution is 0.102. The molecule has 7 heteroatoms. The Bertz CT molecular complexity index is 616. The van der Waals surface area contributed by atoms with Crippen molar-refractivity contribution < 1.29 is 9.53 Å². The Morgan fingerprint density at radius 1 is 1.52 bits per heavy atom. The number of methoxy groups -OCH3 is 1. The van der Waals surface area contributed by atoms with E-state index >= 15 is 0 Å². The fourth-order valence-electron chi connectivity index (χ4n) is 2.73. The van der Waals surface area contributed by atoms with Crippen LogP contribution >= 0.6 is 11.3 Å². The number of nitrogens with one attached hydrogen (secondary N) is 1. The molecule has 2 heterocycles. The van der Waals surface area contributed by atoms with Crippen molar-refractivity contribution in [3.63, 3.8) is 0 Å². The quantitative estimate of drug-likeness (QED) is 0.922. The van der Waals surface area contributed by atoms with Crippen LogP contribution in [0.2, 0.25) is 0 Å². The second kappa shape index (κ2) is 6.36. The van der Waals surface area contributed by atoms with Gasteiger partial charge in [-0.25, -0.2) is 9.67 Å². The molecule has 2 aromatic rings. The van der Waals surface area contributed by atoms with Crippen LogP contribution < -0.4 is 5.32 Å². The molecule has 1 amide bonds. The van der Waals surface area contributed by atoms with E-state index < -0.39 is 0 Å². The zero-order chi connectivity index (χ0) is 14.7. The number of hydrogen-bond donors (Lipinski definition) is 1. The first-order chi connectivity index (χ1) is 10.3. The van der Waals surface area contributed by atoms with E-state index in [0.29, 0.717) is 18.3 Å². The van der Waals surface area contributed by atoms with Crippen LogP contribution in [0.4, 0.5) is 5.69 Å². The van der Waals surface area contributed by atoms with Gasteiger partial charge in [0.1, 0.15) is 11.6 Å². The second-order valence-electron chi connectivity index (χ2n) is 5.19. The van der Waals surface area contributed by atoms with E-state index in [1.807, 2.05) is 0 Å². The third-order valence-electron chi connectivity index (χ3n) is 3.70. The SMILES string of the molecule is COCn1cc(NC(=O)c2scnc2C2CCCC2)cn1. The van der Waals surface area contributed by atoms with Crippen molar-refractivity contribution in [2.75, 3.05) is 12.4 Å². The van der Waals surface area contributed by atoms with Gasteiger partial charge >= 0.3 is 0 Å². The predicted octanol–water partition coefficient (Wildman–Crippen LogP) is 2.85. The van der Waals surface area contributed by atoms with Crippen LogP contribution in [-0.2, 0) is 11.5 Å².